The molecule has 0 saturated heterocycles. The van der Waals surface area contributed by atoms with Crippen LogP contribution in [0.4, 0.5) is 11.5 Å². The van der Waals surface area contributed by atoms with Gasteiger partial charge in [0.25, 0.3) is 0 Å². The van der Waals surface area contributed by atoms with Gasteiger partial charge in [0, 0.05) is 22.5 Å². The molecular weight excluding hydrogens is 647 g/mol. The average molecular weight is 670 g/mol. The number of para-hydroxylation sites is 3. The van der Waals surface area contributed by atoms with Gasteiger partial charge < -0.3 is 9.80 Å². The molecule has 3 aliphatic heterocycles. The summed E-state index contributed by atoms with van der Waals surface area (Å²) in [6.45, 7) is 2.01. The summed E-state index contributed by atoms with van der Waals surface area (Å²) in [4.78, 5) is 13.7. The predicted molar refractivity (Wildman–Crippen MR) is 147 cm³/mol. The molecule has 184 valence electrons. The maximum absolute atomic E-state index is 5.01. The molecule has 0 spiro atoms. The Bertz CT molecular complexity index is 1800. The first-order chi connectivity index (χ1) is 18.3. The maximum atomic E-state index is 5.01. The van der Waals surface area contributed by atoms with Crippen LogP contribution in [-0.2, 0) is 20.1 Å². The van der Waals surface area contributed by atoms with E-state index in [-0.39, 0.29) is 26.1 Å². The van der Waals surface area contributed by atoms with Crippen molar-refractivity contribution in [3.63, 3.8) is 0 Å². The number of fused-ring (bicyclic) bond motifs is 8. The Kier molecular flexibility index (Phi) is 6.36. The minimum atomic E-state index is -0.0187. The van der Waals surface area contributed by atoms with Crippen LogP contribution in [0.3, 0.4) is 0 Å². The molecule has 3 aliphatic rings. The summed E-state index contributed by atoms with van der Waals surface area (Å²) in [6.07, 6.45) is 9.47. The van der Waals surface area contributed by atoms with E-state index in [9.17, 15) is 0 Å². The number of hydrogen-bond donors (Lipinski definition) is 0. The molecule has 1 unspecified atom stereocenters. The number of benzene rings is 3. The Labute approximate surface area is 235 Å². The molecule has 2 aromatic heterocycles. The Hall–Kier alpha value is -4.12. The van der Waals surface area contributed by atoms with E-state index < -0.39 is 0 Å². The van der Waals surface area contributed by atoms with Crippen LogP contribution in [0.15, 0.2) is 110 Å². The largest absolute Gasteiger partial charge is 3.00 e. The number of pyridine rings is 2. The molecule has 0 fully saturated rings. The third kappa shape index (κ3) is 4.12. The topological polar surface area (TPSA) is 35.3 Å². The van der Waals surface area contributed by atoms with Gasteiger partial charge in [0.2, 0.25) is 0 Å². The Balaban J connectivity index is 0.000000172. The van der Waals surface area contributed by atoms with E-state index >= 15 is 0 Å². The van der Waals surface area contributed by atoms with E-state index in [1.165, 1.54) is 0 Å². The SMILES string of the molecule is CN1C=CN(c2[c-]cccc2)[CH-]1.[C-]1=c2ccccc2=[N+]2c3nc4ccccc4cc3-c3cccnc3C12.[Ir+3]. The fourth-order valence-corrected chi connectivity index (χ4v) is 5.07. The first kappa shape index (κ1) is 24.2. The van der Waals surface area contributed by atoms with Gasteiger partial charge in [-0.2, -0.15) is 43.1 Å². The van der Waals surface area contributed by atoms with Crippen LogP contribution in [0.2, 0.25) is 0 Å². The zero-order valence-electron chi connectivity index (χ0n) is 20.6. The Morgan fingerprint density at radius 3 is 2.58 bits per heavy atom. The van der Waals surface area contributed by atoms with E-state index in [1.54, 1.807) is 0 Å². The van der Waals surface area contributed by atoms with Gasteiger partial charge in [-0.15, -0.1) is 23.0 Å². The number of hydrogen-bond acceptors (Lipinski definition) is 4. The van der Waals surface area contributed by atoms with Crippen molar-refractivity contribution in [3.05, 3.63) is 139 Å². The zero-order chi connectivity index (χ0) is 24.8. The minimum Gasteiger partial charge on any atom is -0.510 e. The van der Waals surface area contributed by atoms with Crippen LogP contribution < -0.4 is 20.1 Å². The molecule has 8 rings (SSSR count). The van der Waals surface area contributed by atoms with Gasteiger partial charge in [-0.3, -0.25) is 9.56 Å². The second-order valence-electron chi connectivity index (χ2n) is 9.16. The summed E-state index contributed by atoms with van der Waals surface area (Å²) in [5, 5.41) is 3.41. The van der Waals surface area contributed by atoms with Crippen molar-refractivity contribution in [2.24, 2.45) is 0 Å². The standard InChI is InChI=1S/C22H13N3.C10H10N2.Ir/c1-3-9-18-14(6-1)12-17-16-8-5-11-23-21(16)20-13-15-7-2-4-10-19(15)25(20)22(17)24-18;1-11-7-8-12(9-11)10-5-3-2-4-6-10;/h1-12,20H;2-5,7-9H,1H3;/q;-2;+3. The van der Waals surface area contributed by atoms with Gasteiger partial charge in [0.05, 0.1) is 11.3 Å². The predicted octanol–water partition coefficient (Wildman–Crippen LogP) is 4.67. The number of aromatic nitrogens is 2. The molecule has 0 bridgehead atoms. The first-order valence-electron chi connectivity index (χ1n) is 12.3. The fraction of sp³-hybridized carbons (Fsp3) is 0.0625. The first-order valence-corrected chi connectivity index (χ1v) is 12.3. The van der Waals surface area contributed by atoms with E-state index in [0.717, 1.165) is 49.8 Å². The number of anilines is 1. The smallest absolute Gasteiger partial charge is 0.510 e. The van der Waals surface area contributed by atoms with Gasteiger partial charge in [0.1, 0.15) is 6.04 Å². The molecule has 0 amide bonds. The van der Waals surface area contributed by atoms with Crippen molar-refractivity contribution in [1.29, 1.82) is 0 Å². The molecule has 0 saturated carbocycles. The van der Waals surface area contributed by atoms with Gasteiger partial charge in [-0.25, -0.2) is 0 Å². The normalized spacial score (nSPS) is 15.9. The number of rotatable bonds is 1. The summed E-state index contributed by atoms with van der Waals surface area (Å²) < 4.78 is 2.27. The molecule has 3 aromatic carbocycles. The molecule has 38 heavy (non-hydrogen) atoms. The van der Waals surface area contributed by atoms with Gasteiger partial charge >= 0.3 is 25.9 Å². The second kappa shape index (κ2) is 9.97. The molecule has 1 atom stereocenters. The van der Waals surface area contributed by atoms with Gasteiger partial charge in [-0.05, 0) is 42.6 Å². The summed E-state index contributed by atoms with van der Waals surface area (Å²) in [6, 6.07) is 34.0. The Morgan fingerprint density at radius 2 is 1.74 bits per heavy atom. The summed E-state index contributed by atoms with van der Waals surface area (Å²) in [7, 11) is 2.00. The van der Waals surface area contributed by atoms with Crippen LogP contribution >= 0.6 is 0 Å². The second-order valence-corrected chi connectivity index (χ2v) is 9.16. The van der Waals surface area contributed by atoms with Gasteiger partial charge in [0.15, 0.2) is 5.52 Å². The monoisotopic (exact) mass is 670 g/mol. The Morgan fingerprint density at radius 1 is 0.895 bits per heavy atom. The van der Waals surface area contributed by atoms with Crippen LogP contribution in [-0.4, -0.2) is 21.9 Å². The van der Waals surface area contributed by atoms with Crippen molar-refractivity contribution in [1.82, 2.24) is 19.4 Å². The fourth-order valence-electron chi connectivity index (χ4n) is 5.07. The summed E-state index contributed by atoms with van der Waals surface area (Å²) >= 11 is 0. The van der Waals surface area contributed by atoms with Crippen molar-refractivity contribution in [2.45, 2.75) is 6.04 Å². The average Bonchev–Trinajstić information content (AvgIpc) is 3.57. The van der Waals surface area contributed by atoms with Crippen molar-refractivity contribution >= 4 is 28.5 Å². The molecule has 5 nitrogen and oxygen atoms in total. The summed E-state index contributed by atoms with van der Waals surface area (Å²) in [5.41, 5.74) is 5.41. The van der Waals surface area contributed by atoms with Crippen LogP contribution in [0.25, 0.3) is 28.1 Å². The van der Waals surface area contributed by atoms with Crippen LogP contribution in [0.5, 0.6) is 0 Å². The van der Waals surface area contributed by atoms with Gasteiger partial charge in [-0.1, -0.05) is 36.4 Å². The van der Waals surface area contributed by atoms with E-state index in [2.05, 4.69) is 71.3 Å². The van der Waals surface area contributed by atoms with E-state index in [1.807, 2.05) is 78.5 Å². The maximum Gasteiger partial charge on any atom is 3.00 e. The minimum absolute atomic E-state index is 0. The van der Waals surface area contributed by atoms with E-state index in [4.69, 9.17) is 9.97 Å². The zero-order valence-corrected chi connectivity index (χ0v) is 23.0. The molecule has 0 aliphatic carbocycles. The molecule has 0 N–H and O–H groups in total. The molecule has 5 aromatic rings. The van der Waals surface area contributed by atoms with Crippen molar-refractivity contribution in [3.8, 4) is 11.1 Å². The van der Waals surface area contributed by atoms with E-state index in [0.29, 0.717) is 0 Å². The van der Waals surface area contributed by atoms with Crippen LogP contribution in [0.1, 0.15) is 11.7 Å². The molecular formula is C32H23IrN5+. The third-order valence-electron chi connectivity index (χ3n) is 6.77. The quantitative estimate of drug-likeness (QED) is 0.192. The number of nitrogens with zero attached hydrogens (tertiary/aromatic N) is 5. The molecule has 0 radical (unpaired) electrons. The van der Waals surface area contributed by atoms with Crippen molar-refractivity contribution < 1.29 is 20.1 Å². The third-order valence-corrected chi connectivity index (χ3v) is 6.77. The molecule has 6 heteroatoms. The summed E-state index contributed by atoms with van der Waals surface area (Å²) in [5.74, 6) is 0.988. The van der Waals surface area contributed by atoms with Crippen molar-refractivity contribution in [2.75, 3.05) is 11.9 Å². The molecule has 5 heterocycles. The van der Waals surface area contributed by atoms with Crippen LogP contribution in [0, 0.1) is 12.7 Å².